The molecule has 1 atom stereocenters. The van der Waals surface area contributed by atoms with Gasteiger partial charge >= 0.3 is 0 Å². The van der Waals surface area contributed by atoms with Crippen LogP contribution in [0.15, 0.2) is 29.6 Å². The lowest BCUT2D eigenvalue weighted by molar-refractivity contribution is 0.659. The Labute approximate surface area is 99.2 Å². The van der Waals surface area contributed by atoms with Crippen molar-refractivity contribution in [3.8, 4) is 0 Å². The zero-order valence-corrected chi connectivity index (χ0v) is 10.2. The van der Waals surface area contributed by atoms with E-state index < -0.39 is 0 Å². The highest BCUT2D eigenvalue weighted by atomic mass is 32.2. The van der Waals surface area contributed by atoms with Crippen molar-refractivity contribution < 1.29 is 0 Å². The van der Waals surface area contributed by atoms with Crippen LogP contribution in [0, 0.1) is 0 Å². The lowest BCUT2D eigenvalue weighted by Gasteiger charge is -2.07. The maximum atomic E-state index is 5.97. The fourth-order valence-electron chi connectivity index (χ4n) is 1.55. The van der Waals surface area contributed by atoms with Gasteiger partial charge in [-0.05, 0) is 18.6 Å². The fourth-order valence-corrected chi connectivity index (χ4v) is 2.48. The average molecular weight is 236 g/mol. The highest BCUT2D eigenvalue weighted by Gasteiger charge is 2.07. The lowest BCUT2D eigenvalue weighted by atomic mass is 10.2. The summed E-state index contributed by atoms with van der Waals surface area (Å²) in [6.07, 6.45) is 4.16. The van der Waals surface area contributed by atoms with Gasteiger partial charge in [0.15, 0.2) is 10.8 Å². The summed E-state index contributed by atoms with van der Waals surface area (Å²) in [5.41, 5.74) is 6.85. The first-order valence-corrected chi connectivity index (χ1v) is 6.48. The minimum absolute atomic E-state index is 0.242. The van der Waals surface area contributed by atoms with Crippen molar-refractivity contribution in [3.63, 3.8) is 0 Å². The van der Waals surface area contributed by atoms with Crippen LogP contribution in [0.3, 0.4) is 0 Å². The van der Waals surface area contributed by atoms with Gasteiger partial charge in [-0.15, -0.1) is 10.2 Å². The highest BCUT2D eigenvalue weighted by Crippen LogP contribution is 2.17. The van der Waals surface area contributed by atoms with Gasteiger partial charge < -0.3 is 5.73 Å². The Hall–Kier alpha value is -1.07. The molecule has 16 heavy (non-hydrogen) atoms. The molecule has 2 heterocycles. The fraction of sp³-hybridized carbons (Fsp3) is 0.455. The number of nitrogens with zero attached hydrogens (tertiary/aromatic N) is 3. The molecule has 0 aliphatic carbocycles. The lowest BCUT2D eigenvalue weighted by Crippen LogP contribution is -2.22. The molecule has 0 aliphatic rings. The molecule has 0 amide bonds. The van der Waals surface area contributed by atoms with Crippen LogP contribution in [0.25, 0.3) is 5.65 Å². The van der Waals surface area contributed by atoms with Crippen LogP contribution in [-0.2, 0) is 0 Å². The van der Waals surface area contributed by atoms with E-state index in [9.17, 15) is 0 Å². The SMILES string of the molecule is CCCC(N)CSc1nnc2ccccn12. The van der Waals surface area contributed by atoms with E-state index in [0.717, 1.165) is 29.4 Å². The Morgan fingerprint density at radius 3 is 3.12 bits per heavy atom. The summed E-state index contributed by atoms with van der Waals surface area (Å²) in [7, 11) is 0. The molecular formula is C11H16N4S. The number of rotatable bonds is 5. The van der Waals surface area contributed by atoms with Crippen molar-refractivity contribution in [2.45, 2.75) is 31.0 Å². The van der Waals surface area contributed by atoms with E-state index in [1.165, 1.54) is 0 Å². The molecule has 0 spiro atoms. The molecule has 5 heteroatoms. The first kappa shape index (κ1) is 11.4. The Morgan fingerprint density at radius 1 is 1.44 bits per heavy atom. The van der Waals surface area contributed by atoms with Crippen LogP contribution >= 0.6 is 11.8 Å². The monoisotopic (exact) mass is 236 g/mol. The van der Waals surface area contributed by atoms with E-state index in [-0.39, 0.29) is 6.04 Å². The molecule has 2 aromatic heterocycles. The van der Waals surface area contributed by atoms with Crippen molar-refractivity contribution in [3.05, 3.63) is 24.4 Å². The summed E-state index contributed by atoms with van der Waals surface area (Å²) in [6.45, 7) is 2.15. The summed E-state index contributed by atoms with van der Waals surface area (Å²) in [6, 6.07) is 6.13. The van der Waals surface area contributed by atoms with Gasteiger partial charge in [0.1, 0.15) is 0 Å². The van der Waals surface area contributed by atoms with E-state index in [4.69, 9.17) is 5.73 Å². The quantitative estimate of drug-likeness (QED) is 0.806. The van der Waals surface area contributed by atoms with E-state index in [0.29, 0.717) is 0 Å². The number of fused-ring (bicyclic) bond motifs is 1. The van der Waals surface area contributed by atoms with Gasteiger partial charge in [-0.3, -0.25) is 4.40 Å². The molecule has 1 unspecified atom stereocenters. The summed E-state index contributed by atoms with van der Waals surface area (Å²) in [4.78, 5) is 0. The first-order valence-electron chi connectivity index (χ1n) is 5.49. The van der Waals surface area contributed by atoms with Crippen molar-refractivity contribution in [2.75, 3.05) is 5.75 Å². The molecule has 0 saturated heterocycles. The van der Waals surface area contributed by atoms with E-state index >= 15 is 0 Å². The van der Waals surface area contributed by atoms with Crippen LogP contribution in [-0.4, -0.2) is 26.4 Å². The highest BCUT2D eigenvalue weighted by molar-refractivity contribution is 7.99. The van der Waals surface area contributed by atoms with E-state index in [1.54, 1.807) is 11.8 Å². The van der Waals surface area contributed by atoms with Gasteiger partial charge in [0.25, 0.3) is 0 Å². The van der Waals surface area contributed by atoms with Gasteiger partial charge in [0, 0.05) is 18.0 Å². The molecular weight excluding hydrogens is 220 g/mol. The maximum Gasteiger partial charge on any atom is 0.195 e. The van der Waals surface area contributed by atoms with Crippen LogP contribution in [0.4, 0.5) is 0 Å². The number of nitrogens with two attached hydrogens (primary N) is 1. The summed E-state index contributed by atoms with van der Waals surface area (Å²) in [5, 5.41) is 9.16. The van der Waals surface area contributed by atoms with Crippen molar-refractivity contribution >= 4 is 17.4 Å². The molecule has 0 aliphatic heterocycles. The zero-order chi connectivity index (χ0) is 11.4. The second-order valence-electron chi connectivity index (χ2n) is 3.77. The number of thioether (sulfide) groups is 1. The standard InChI is InChI=1S/C11H16N4S/c1-2-5-9(12)8-16-11-14-13-10-6-3-4-7-15(10)11/h3-4,6-7,9H,2,5,8,12H2,1H3. The molecule has 0 bridgehead atoms. The normalized spacial score (nSPS) is 13.1. The van der Waals surface area contributed by atoms with Gasteiger partial charge in [-0.25, -0.2) is 0 Å². The third-order valence-corrected chi connectivity index (χ3v) is 3.50. The molecule has 4 nitrogen and oxygen atoms in total. The molecule has 86 valence electrons. The number of pyridine rings is 1. The average Bonchev–Trinajstić information content (AvgIpc) is 2.70. The molecule has 2 rings (SSSR count). The summed E-state index contributed by atoms with van der Waals surface area (Å²) >= 11 is 1.67. The second kappa shape index (κ2) is 5.32. The minimum Gasteiger partial charge on any atom is -0.327 e. The third-order valence-electron chi connectivity index (χ3n) is 2.37. The van der Waals surface area contributed by atoms with Crippen molar-refractivity contribution in [1.82, 2.24) is 14.6 Å². The molecule has 0 aromatic carbocycles. The Balaban J connectivity index is 2.04. The number of aromatic nitrogens is 3. The first-order chi connectivity index (χ1) is 7.81. The largest absolute Gasteiger partial charge is 0.327 e. The van der Waals surface area contributed by atoms with Crippen molar-refractivity contribution in [1.29, 1.82) is 0 Å². The predicted molar refractivity (Wildman–Crippen MR) is 66.6 cm³/mol. The third kappa shape index (κ3) is 2.54. The van der Waals surface area contributed by atoms with Crippen LogP contribution in [0.1, 0.15) is 19.8 Å². The van der Waals surface area contributed by atoms with E-state index in [1.807, 2.05) is 28.8 Å². The van der Waals surface area contributed by atoms with Crippen LogP contribution in [0.2, 0.25) is 0 Å². The topological polar surface area (TPSA) is 56.2 Å². The van der Waals surface area contributed by atoms with E-state index in [2.05, 4.69) is 17.1 Å². The molecule has 0 saturated carbocycles. The minimum atomic E-state index is 0.242. The summed E-state index contributed by atoms with van der Waals surface area (Å²) < 4.78 is 1.99. The molecule has 0 fully saturated rings. The Bertz CT molecular complexity index is 454. The summed E-state index contributed by atoms with van der Waals surface area (Å²) in [5.74, 6) is 0.892. The Morgan fingerprint density at radius 2 is 2.31 bits per heavy atom. The maximum absolute atomic E-state index is 5.97. The second-order valence-corrected chi connectivity index (χ2v) is 4.76. The van der Waals surface area contributed by atoms with Crippen LogP contribution in [0.5, 0.6) is 0 Å². The van der Waals surface area contributed by atoms with Crippen molar-refractivity contribution in [2.24, 2.45) is 5.73 Å². The number of hydrogen-bond donors (Lipinski definition) is 1. The van der Waals surface area contributed by atoms with Gasteiger partial charge in [-0.1, -0.05) is 31.2 Å². The van der Waals surface area contributed by atoms with Gasteiger partial charge in [-0.2, -0.15) is 0 Å². The van der Waals surface area contributed by atoms with Gasteiger partial charge in [0.05, 0.1) is 0 Å². The smallest absolute Gasteiger partial charge is 0.195 e. The molecule has 0 radical (unpaired) electrons. The predicted octanol–water partition coefficient (Wildman–Crippen LogP) is 1.95. The van der Waals surface area contributed by atoms with Crippen LogP contribution < -0.4 is 5.73 Å². The molecule has 2 N–H and O–H groups in total. The molecule has 2 aromatic rings. The van der Waals surface area contributed by atoms with Gasteiger partial charge in [0.2, 0.25) is 0 Å². The zero-order valence-electron chi connectivity index (χ0n) is 9.34. The Kier molecular flexibility index (Phi) is 3.79. The number of hydrogen-bond acceptors (Lipinski definition) is 4.